The summed E-state index contributed by atoms with van der Waals surface area (Å²) in [7, 11) is -3.66. The first kappa shape index (κ1) is 16.5. The highest BCUT2D eigenvalue weighted by Gasteiger charge is 2.18. The molecule has 0 saturated heterocycles. The highest BCUT2D eigenvalue weighted by atomic mass is 32.2. The molecule has 0 amide bonds. The van der Waals surface area contributed by atoms with Crippen LogP contribution >= 0.6 is 0 Å². The van der Waals surface area contributed by atoms with E-state index in [1.54, 1.807) is 0 Å². The van der Waals surface area contributed by atoms with Gasteiger partial charge in [-0.2, -0.15) is 0 Å². The first-order valence-electron chi connectivity index (χ1n) is 6.53. The zero-order chi connectivity index (χ0) is 15.2. The van der Waals surface area contributed by atoms with Gasteiger partial charge in [-0.1, -0.05) is 13.3 Å². The minimum Gasteiger partial charge on any atom is -0.478 e. The van der Waals surface area contributed by atoms with Crippen molar-refractivity contribution in [3.8, 4) is 0 Å². The van der Waals surface area contributed by atoms with E-state index < -0.39 is 16.0 Å². The van der Waals surface area contributed by atoms with E-state index in [0.29, 0.717) is 18.8 Å². The van der Waals surface area contributed by atoms with Crippen LogP contribution in [0.25, 0.3) is 0 Å². The molecule has 0 heterocycles. The summed E-state index contributed by atoms with van der Waals surface area (Å²) in [6.07, 6.45) is 1.61. The number of benzene rings is 1. The molecule has 0 atom stereocenters. The molecule has 0 aliphatic rings. The molecular formula is C13H20N2O4S. The minimum atomic E-state index is -3.66. The van der Waals surface area contributed by atoms with Crippen molar-refractivity contribution >= 4 is 21.7 Å². The minimum absolute atomic E-state index is 0.0346. The molecule has 0 aromatic heterocycles. The Bertz CT molecular complexity index is 570. The van der Waals surface area contributed by atoms with Gasteiger partial charge in [-0.3, -0.25) is 0 Å². The van der Waals surface area contributed by atoms with Crippen molar-refractivity contribution in [2.24, 2.45) is 0 Å². The largest absolute Gasteiger partial charge is 0.478 e. The number of unbranched alkanes of at least 4 members (excludes halogenated alkanes) is 1. The molecule has 0 saturated carbocycles. The molecule has 112 valence electrons. The van der Waals surface area contributed by atoms with E-state index >= 15 is 0 Å². The summed E-state index contributed by atoms with van der Waals surface area (Å²) < 4.78 is 26.5. The van der Waals surface area contributed by atoms with Gasteiger partial charge in [0, 0.05) is 18.8 Å². The van der Waals surface area contributed by atoms with E-state index in [0.717, 1.165) is 12.8 Å². The molecule has 3 N–H and O–H groups in total. The monoisotopic (exact) mass is 300 g/mol. The van der Waals surface area contributed by atoms with Crippen LogP contribution in [0.3, 0.4) is 0 Å². The second-order valence-electron chi connectivity index (χ2n) is 4.29. The summed E-state index contributed by atoms with van der Waals surface area (Å²) in [6.45, 7) is 4.70. The van der Waals surface area contributed by atoms with Crippen LogP contribution in [0.15, 0.2) is 23.1 Å². The molecule has 0 bridgehead atoms. The van der Waals surface area contributed by atoms with Crippen LogP contribution < -0.4 is 10.0 Å². The number of carboxylic acids is 1. The van der Waals surface area contributed by atoms with E-state index in [1.807, 2.05) is 13.8 Å². The lowest BCUT2D eigenvalue weighted by molar-refractivity contribution is 0.0697. The Hall–Kier alpha value is -1.60. The molecule has 1 aromatic carbocycles. The zero-order valence-corrected chi connectivity index (χ0v) is 12.5. The van der Waals surface area contributed by atoms with Gasteiger partial charge in [-0.15, -0.1) is 0 Å². The van der Waals surface area contributed by atoms with Crippen molar-refractivity contribution in [1.29, 1.82) is 0 Å². The van der Waals surface area contributed by atoms with Crippen molar-refractivity contribution in [1.82, 2.24) is 4.72 Å². The van der Waals surface area contributed by atoms with Crippen LogP contribution in [0, 0.1) is 0 Å². The Morgan fingerprint density at radius 3 is 2.55 bits per heavy atom. The smallest absolute Gasteiger partial charge is 0.337 e. The molecule has 1 aromatic rings. The third kappa shape index (κ3) is 4.21. The molecule has 0 aliphatic heterocycles. The Morgan fingerprint density at radius 2 is 2.00 bits per heavy atom. The number of hydrogen-bond donors (Lipinski definition) is 3. The molecule has 0 aliphatic carbocycles. The van der Waals surface area contributed by atoms with Crippen LogP contribution in [0.5, 0.6) is 0 Å². The maximum Gasteiger partial charge on any atom is 0.337 e. The van der Waals surface area contributed by atoms with Gasteiger partial charge in [0.15, 0.2) is 0 Å². The van der Waals surface area contributed by atoms with E-state index in [-0.39, 0.29) is 10.5 Å². The Labute approximate surface area is 119 Å². The normalized spacial score (nSPS) is 11.3. The van der Waals surface area contributed by atoms with Gasteiger partial charge < -0.3 is 10.4 Å². The third-order valence-electron chi connectivity index (χ3n) is 2.72. The predicted molar refractivity (Wildman–Crippen MR) is 77.7 cm³/mol. The Kier molecular flexibility index (Phi) is 5.97. The van der Waals surface area contributed by atoms with Crippen LogP contribution in [0.4, 0.5) is 5.69 Å². The number of anilines is 1. The SMILES string of the molecule is CCCCNS(=O)(=O)c1ccc(NCC)c(C(=O)O)c1. The van der Waals surface area contributed by atoms with Gasteiger partial charge in [0.2, 0.25) is 10.0 Å². The summed E-state index contributed by atoms with van der Waals surface area (Å²) >= 11 is 0. The summed E-state index contributed by atoms with van der Waals surface area (Å²) in [6, 6.07) is 4.05. The quantitative estimate of drug-likeness (QED) is 0.637. The number of sulfonamides is 1. The summed E-state index contributed by atoms with van der Waals surface area (Å²) in [5.41, 5.74) is 0.359. The lowest BCUT2D eigenvalue weighted by Crippen LogP contribution is -2.25. The van der Waals surface area contributed by atoms with Gasteiger partial charge in [0.1, 0.15) is 0 Å². The average molecular weight is 300 g/mol. The number of nitrogens with one attached hydrogen (secondary N) is 2. The number of hydrogen-bond acceptors (Lipinski definition) is 4. The molecular weight excluding hydrogens is 280 g/mol. The maximum atomic E-state index is 12.0. The maximum absolute atomic E-state index is 12.0. The van der Waals surface area contributed by atoms with E-state index in [1.165, 1.54) is 18.2 Å². The summed E-state index contributed by atoms with van der Waals surface area (Å²) in [5, 5.41) is 12.0. The molecule has 7 heteroatoms. The molecule has 0 unspecified atom stereocenters. The van der Waals surface area contributed by atoms with Crippen molar-refractivity contribution < 1.29 is 18.3 Å². The van der Waals surface area contributed by atoms with Gasteiger partial charge in [-0.05, 0) is 31.5 Å². The van der Waals surface area contributed by atoms with Crippen LogP contribution in [-0.2, 0) is 10.0 Å². The third-order valence-corrected chi connectivity index (χ3v) is 4.18. The van der Waals surface area contributed by atoms with Crippen LogP contribution in [-0.4, -0.2) is 32.6 Å². The molecule has 0 radical (unpaired) electrons. The van der Waals surface area contributed by atoms with Gasteiger partial charge in [0.05, 0.1) is 10.5 Å². The lowest BCUT2D eigenvalue weighted by atomic mass is 10.2. The molecule has 20 heavy (non-hydrogen) atoms. The highest BCUT2D eigenvalue weighted by molar-refractivity contribution is 7.89. The summed E-state index contributed by atoms with van der Waals surface area (Å²) in [4.78, 5) is 11.1. The van der Waals surface area contributed by atoms with Crippen molar-refractivity contribution in [2.75, 3.05) is 18.4 Å². The fourth-order valence-electron chi connectivity index (χ4n) is 1.68. The van der Waals surface area contributed by atoms with E-state index in [4.69, 9.17) is 5.11 Å². The van der Waals surface area contributed by atoms with Crippen LogP contribution in [0.1, 0.15) is 37.0 Å². The topological polar surface area (TPSA) is 95.5 Å². The van der Waals surface area contributed by atoms with Gasteiger partial charge in [-0.25, -0.2) is 17.9 Å². The van der Waals surface area contributed by atoms with E-state index in [2.05, 4.69) is 10.0 Å². The number of rotatable bonds is 8. The first-order chi connectivity index (χ1) is 9.42. The molecule has 0 fully saturated rings. The average Bonchev–Trinajstić information content (AvgIpc) is 2.39. The van der Waals surface area contributed by atoms with E-state index in [9.17, 15) is 13.2 Å². The van der Waals surface area contributed by atoms with Crippen molar-refractivity contribution in [3.05, 3.63) is 23.8 Å². The fraction of sp³-hybridized carbons (Fsp3) is 0.462. The predicted octanol–water partition coefficient (Wildman–Crippen LogP) is 1.90. The fourth-order valence-corrected chi connectivity index (χ4v) is 2.78. The second kappa shape index (κ2) is 7.25. The van der Waals surface area contributed by atoms with Gasteiger partial charge >= 0.3 is 5.97 Å². The highest BCUT2D eigenvalue weighted by Crippen LogP contribution is 2.20. The van der Waals surface area contributed by atoms with Gasteiger partial charge in [0.25, 0.3) is 0 Å². The molecule has 6 nitrogen and oxygen atoms in total. The number of carbonyl (C=O) groups is 1. The Balaban J connectivity index is 3.07. The zero-order valence-electron chi connectivity index (χ0n) is 11.6. The summed E-state index contributed by atoms with van der Waals surface area (Å²) in [5.74, 6) is -1.16. The molecule has 1 rings (SSSR count). The van der Waals surface area contributed by atoms with Crippen molar-refractivity contribution in [2.45, 2.75) is 31.6 Å². The van der Waals surface area contributed by atoms with Crippen molar-refractivity contribution in [3.63, 3.8) is 0 Å². The number of carboxylic acid groups (broad SMARTS) is 1. The first-order valence-corrected chi connectivity index (χ1v) is 8.01. The number of aromatic carboxylic acids is 1. The molecule has 0 spiro atoms. The Morgan fingerprint density at radius 1 is 1.30 bits per heavy atom. The standard InChI is InChI=1S/C13H20N2O4S/c1-3-5-8-15-20(18,19)10-6-7-12(14-4-2)11(9-10)13(16)17/h6-7,9,14-15H,3-5,8H2,1-2H3,(H,16,17). The van der Waals surface area contributed by atoms with Crippen LogP contribution in [0.2, 0.25) is 0 Å². The lowest BCUT2D eigenvalue weighted by Gasteiger charge is -2.11. The second-order valence-corrected chi connectivity index (χ2v) is 6.06.